The van der Waals surface area contributed by atoms with Crippen LogP contribution in [0.5, 0.6) is 0 Å². The first kappa shape index (κ1) is 30.0. The van der Waals surface area contributed by atoms with Crippen molar-refractivity contribution in [3.05, 3.63) is 24.8 Å². The number of hydrogen-bond acceptors (Lipinski definition) is 0. The molecule has 0 aromatic rings. The summed E-state index contributed by atoms with van der Waals surface area (Å²) >= 11 is 0. The lowest BCUT2D eigenvalue weighted by Gasteiger charge is -2.65. The van der Waals surface area contributed by atoms with E-state index in [1.807, 2.05) is 0 Å². The summed E-state index contributed by atoms with van der Waals surface area (Å²) in [6.07, 6.45) is 20.4. The highest BCUT2D eigenvalue weighted by Gasteiger charge is 2.59. The van der Waals surface area contributed by atoms with Gasteiger partial charge >= 0.3 is 0 Å². The van der Waals surface area contributed by atoms with Crippen molar-refractivity contribution in [1.82, 2.24) is 0 Å². The molecule has 8 atom stereocenters. The van der Waals surface area contributed by atoms with Crippen LogP contribution in [0.3, 0.4) is 0 Å². The minimum absolute atomic E-state index is 0.409. The number of rotatable bonds is 11. The molecule has 0 nitrogen and oxygen atoms in total. The highest BCUT2D eigenvalue weighted by Crippen LogP contribution is 2.68. The summed E-state index contributed by atoms with van der Waals surface area (Å²) in [4.78, 5) is 0. The lowest BCUT2D eigenvalue weighted by atomic mass is 9.40. The number of allylic oxidation sites excluding steroid dienone is 2. The minimum atomic E-state index is 0.409. The molecule has 3 rings (SSSR count). The van der Waals surface area contributed by atoms with Gasteiger partial charge in [-0.05, 0) is 121 Å². The Morgan fingerprint density at radius 1 is 0.972 bits per heavy atom. The molecular formula is C36H64. The van der Waals surface area contributed by atoms with Crippen molar-refractivity contribution >= 4 is 0 Å². The molecule has 0 heteroatoms. The van der Waals surface area contributed by atoms with Crippen LogP contribution in [-0.4, -0.2) is 0 Å². The maximum atomic E-state index is 4.60. The van der Waals surface area contributed by atoms with Gasteiger partial charge in [0.05, 0.1) is 0 Å². The maximum Gasteiger partial charge on any atom is -0.00953 e. The monoisotopic (exact) mass is 497 g/mol. The molecule has 0 radical (unpaired) electrons. The van der Waals surface area contributed by atoms with Crippen molar-refractivity contribution in [1.29, 1.82) is 0 Å². The van der Waals surface area contributed by atoms with E-state index < -0.39 is 0 Å². The van der Waals surface area contributed by atoms with Gasteiger partial charge in [0, 0.05) is 0 Å². The van der Waals surface area contributed by atoms with Crippen LogP contribution in [-0.2, 0) is 0 Å². The molecule has 36 heavy (non-hydrogen) atoms. The Balaban J connectivity index is 1.76. The first-order chi connectivity index (χ1) is 16.8. The van der Waals surface area contributed by atoms with Crippen LogP contribution in [0, 0.1) is 57.2 Å². The van der Waals surface area contributed by atoms with Gasteiger partial charge in [-0.25, -0.2) is 0 Å². The van der Waals surface area contributed by atoms with Crippen molar-refractivity contribution < 1.29 is 0 Å². The molecule has 0 aromatic carbocycles. The van der Waals surface area contributed by atoms with E-state index in [-0.39, 0.29) is 0 Å². The largest absolute Gasteiger partial charge is 0.103 e. The molecule has 0 aromatic heterocycles. The Hall–Kier alpha value is -0.520. The van der Waals surface area contributed by atoms with Crippen LogP contribution >= 0.6 is 0 Å². The highest BCUT2D eigenvalue weighted by atomic mass is 14.6. The van der Waals surface area contributed by atoms with Crippen molar-refractivity contribution in [2.45, 2.75) is 146 Å². The third-order valence-corrected chi connectivity index (χ3v) is 13.2. The van der Waals surface area contributed by atoms with E-state index >= 15 is 0 Å². The maximum absolute atomic E-state index is 4.60. The molecule has 0 bridgehead atoms. The minimum Gasteiger partial charge on any atom is -0.103 e. The molecule has 0 spiro atoms. The molecule has 208 valence electrons. The molecule has 0 heterocycles. The first-order valence-corrected chi connectivity index (χ1v) is 16.1. The SMILES string of the molecule is C=C[C@]1(CCC[C@]2(C)CCC3C(C)(C)[C@@H](CC(=C)[C@@H](C)C(C)C)CC[C@]3(C)C2CCC)CCCC1C. The summed E-state index contributed by atoms with van der Waals surface area (Å²) in [6, 6.07) is 0. The van der Waals surface area contributed by atoms with Gasteiger partial charge < -0.3 is 0 Å². The van der Waals surface area contributed by atoms with Gasteiger partial charge in [-0.15, -0.1) is 6.58 Å². The Morgan fingerprint density at radius 3 is 2.22 bits per heavy atom. The Morgan fingerprint density at radius 2 is 1.67 bits per heavy atom. The van der Waals surface area contributed by atoms with Crippen molar-refractivity contribution in [2.75, 3.05) is 0 Å². The van der Waals surface area contributed by atoms with Crippen LogP contribution in [0.15, 0.2) is 24.8 Å². The Labute approximate surface area is 227 Å². The number of hydrogen-bond donors (Lipinski definition) is 0. The number of fused-ring (bicyclic) bond motifs is 1. The van der Waals surface area contributed by atoms with Gasteiger partial charge in [0.1, 0.15) is 0 Å². The molecule has 3 unspecified atom stereocenters. The topological polar surface area (TPSA) is 0 Å². The van der Waals surface area contributed by atoms with Crippen LogP contribution in [0.2, 0.25) is 0 Å². The van der Waals surface area contributed by atoms with Gasteiger partial charge in [0.2, 0.25) is 0 Å². The van der Waals surface area contributed by atoms with E-state index in [4.69, 9.17) is 0 Å². The quantitative estimate of drug-likeness (QED) is 0.249. The van der Waals surface area contributed by atoms with Crippen molar-refractivity contribution in [2.24, 2.45) is 57.2 Å². The molecule has 3 aliphatic rings. The molecular weight excluding hydrogens is 432 g/mol. The summed E-state index contributed by atoms with van der Waals surface area (Å²) < 4.78 is 0. The van der Waals surface area contributed by atoms with Crippen LogP contribution in [0.1, 0.15) is 146 Å². The third-order valence-electron chi connectivity index (χ3n) is 13.2. The van der Waals surface area contributed by atoms with E-state index in [1.54, 1.807) is 0 Å². The lowest BCUT2D eigenvalue weighted by molar-refractivity contribution is -0.155. The summed E-state index contributed by atoms with van der Waals surface area (Å²) in [5.41, 5.74) is 3.34. The molecule has 0 amide bonds. The van der Waals surface area contributed by atoms with E-state index in [1.165, 1.54) is 89.0 Å². The first-order valence-electron chi connectivity index (χ1n) is 16.1. The molecule has 0 N–H and O–H groups in total. The second-order valence-electron chi connectivity index (χ2n) is 15.6. The summed E-state index contributed by atoms with van der Waals surface area (Å²) in [5, 5.41) is 0. The van der Waals surface area contributed by atoms with Gasteiger partial charge in [-0.1, -0.05) is 99.8 Å². The average Bonchev–Trinajstić information content (AvgIpc) is 3.18. The zero-order chi connectivity index (χ0) is 26.9. The van der Waals surface area contributed by atoms with Crippen molar-refractivity contribution in [3.63, 3.8) is 0 Å². The molecule has 0 saturated heterocycles. The zero-order valence-corrected chi connectivity index (χ0v) is 26.1. The molecule has 3 saturated carbocycles. The van der Waals surface area contributed by atoms with E-state index in [0.29, 0.717) is 33.5 Å². The van der Waals surface area contributed by atoms with Gasteiger partial charge in [-0.3, -0.25) is 0 Å². The van der Waals surface area contributed by atoms with Crippen LogP contribution in [0.4, 0.5) is 0 Å². The highest BCUT2D eigenvalue weighted by molar-refractivity contribution is 5.12. The normalized spacial score (nSPS) is 41.2. The third kappa shape index (κ3) is 5.45. The van der Waals surface area contributed by atoms with Crippen LogP contribution < -0.4 is 0 Å². The second-order valence-corrected chi connectivity index (χ2v) is 15.6. The lowest BCUT2D eigenvalue weighted by Crippen LogP contribution is -2.57. The standard InChI is InChI=1S/C36H64/c1-12-16-32-34(10,20-15-22-36(13-2)21-14-17-28(36)6)23-19-31-33(8,9)30(18-24-35(31,32)11)25-27(5)29(7)26(3)4/h13,26,28-32H,2,5,12,14-25H2,1,3-4,6-11H3/t28?,29-,30+,31?,32?,34+,35-,36+/m0/s1. The molecule has 0 aliphatic heterocycles. The fourth-order valence-electron chi connectivity index (χ4n) is 10.2. The summed E-state index contributed by atoms with van der Waals surface area (Å²) in [5.74, 6) is 4.68. The van der Waals surface area contributed by atoms with Crippen LogP contribution in [0.25, 0.3) is 0 Å². The summed E-state index contributed by atoms with van der Waals surface area (Å²) in [6.45, 7) is 31.7. The predicted octanol–water partition coefficient (Wildman–Crippen LogP) is 11.7. The van der Waals surface area contributed by atoms with E-state index in [9.17, 15) is 0 Å². The Kier molecular flexibility index (Phi) is 9.43. The van der Waals surface area contributed by atoms with Gasteiger partial charge in [0.25, 0.3) is 0 Å². The Bertz CT molecular complexity index is 756. The zero-order valence-electron chi connectivity index (χ0n) is 26.1. The molecule has 3 aliphatic carbocycles. The summed E-state index contributed by atoms with van der Waals surface area (Å²) in [7, 11) is 0. The fraction of sp³-hybridized carbons (Fsp3) is 0.889. The molecule has 3 fully saturated rings. The smallest absolute Gasteiger partial charge is 0.00953 e. The van der Waals surface area contributed by atoms with E-state index in [0.717, 1.165) is 23.7 Å². The van der Waals surface area contributed by atoms with Gasteiger partial charge in [0.15, 0.2) is 0 Å². The average molecular weight is 497 g/mol. The predicted molar refractivity (Wildman–Crippen MR) is 161 cm³/mol. The second kappa shape index (κ2) is 11.3. The van der Waals surface area contributed by atoms with Crippen molar-refractivity contribution in [3.8, 4) is 0 Å². The fourth-order valence-corrected chi connectivity index (χ4v) is 10.2. The van der Waals surface area contributed by atoms with E-state index in [2.05, 4.69) is 81.5 Å². The van der Waals surface area contributed by atoms with Gasteiger partial charge in [-0.2, -0.15) is 0 Å².